The minimum atomic E-state index is 1.01. The van der Waals surface area contributed by atoms with Crippen LogP contribution in [0.25, 0.3) is 74.9 Å². The first-order chi connectivity index (χ1) is 18.4. The summed E-state index contributed by atoms with van der Waals surface area (Å²) >= 11 is 5.41. The molecule has 4 heterocycles. The second-order valence-corrected chi connectivity index (χ2v) is 12.0. The van der Waals surface area contributed by atoms with E-state index in [0.29, 0.717) is 0 Å². The summed E-state index contributed by atoms with van der Waals surface area (Å²) in [7, 11) is 0. The molecule has 0 fully saturated rings. The van der Waals surface area contributed by atoms with E-state index in [-0.39, 0.29) is 0 Å². The maximum absolute atomic E-state index is 4.78. The lowest BCUT2D eigenvalue weighted by Gasteiger charge is -2.20. The molecule has 8 aromatic rings. The molecular formula is C33H19NS3. The Bertz CT molecular complexity index is 1950. The Morgan fingerprint density at radius 3 is 1.30 bits per heavy atom. The van der Waals surface area contributed by atoms with E-state index in [1.807, 2.05) is 34.9 Å². The lowest BCUT2D eigenvalue weighted by atomic mass is 9.85. The molecule has 0 aliphatic heterocycles. The molecular weight excluding hydrogens is 507 g/mol. The van der Waals surface area contributed by atoms with Crippen LogP contribution in [0.3, 0.4) is 0 Å². The van der Waals surface area contributed by atoms with Gasteiger partial charge in [-0.25, -0.2) is 0 Å². The minimum absolute atomic E-state index is 1.01. The van der Waals surface area contributed by atoms with Gasteiger partial charge in [-0.3, -0.25) is 4.98 Å². The molecule has 0 atom stereocenters. The van der Waals surface area contributed by atoms with Crippen molar-refractivity contribution in [3.8, 4) is 42.6 Å². The largest absolute Gasteiger partial charge is 0.256 e. The molecule has 0 unspecified atom stereocenters. The smallest absolute Gasteiger partial charge is 0.0708 e. The summed E-state index contributed by atoms with van der Waals surface area (Å²) in [5, 5.41) is 14.4. The number of nitrogens with zero attached hydrogens (tertiary/aromatic N) is 1. The molecule has 0 aliphatic rings. The van der Waals surface area contributed by atoms with Crippen molar-refractivity contribution in [2.45, 2.75) is 0 Å². The van der Waals surface area contributed by atoms with Crippen molar-refractivity contribution in [2.24, 2.45) is 0 Å². The van der Waals surface area contributed by atoms with Crippen LogP contribution in [-0.2, 0) is 0 Å². The van der Waals surface area contributed by atoms with Crippen LogP contribution in [0.2, 0.25) is 0 Å². The summed E-state index contributed by atoms with van der Waals surface area (Å²) in [4.78, 5) is 8.67. The van der Waals surface area contributed by atoms with E-state index >= 15 is 0 Å². The van der Waals surface area contributed by atoms with Gasteiger partial charge in [0, 0.05) is 43.1 Å². The van der Waals surface area contributed by atoms with Gasteiger partial charge >= 0.3 is 0 Å². The Balaban J connectivity index is 1.61. The fraction of sp³-hybridized carbons (Fsp3) is 0. The van der Waals surface area contributed by atoms with E-state index in [4.69, 9.17) is 4.98 Å². The van der Waals surface area contributed by atoms with Crippen LogP contribution in [0, 0.1) is 0 Å². The van der Waals surface area contributed by atoms with Crippen molar-refractivity contribution in [1.29, 1.82) is 0 Å². The van der Waals surface area contributed by atoms with Crippen molar-refractivity contribution < 1.29 is 0 Å². The average Bonchev–Trinajstić information content (AvgIpc) is 3.76. The zero-order valence-corrected chi connectivity index (χ0v) is 22.1. The molecule has 4 heteroatoms. The van der Waals surface area contributed by atoms with Gasteiger partial charge in [0.1, 0.15) is 0 Å². The van der Waals surface area contributed by atoms with E-state index in [0.717, 1.165) is 5.69 Å². The topological polar surface area (TPSA) is 12.9 Å². The monoisotopic (exact) mass is 525 g/mol. The quantitative estimate of drug-likeness (QED) is 0.208. The summed E-state index contributed by atoms with van der Waals surface area (Å²) in [5.41, 5.74) is 6.08. The lowest BCUT2D eigenvalue weighted by molar-refractivity contribution is 1.33. The molecule has 0 saturated carbocycles. The fourth-order valence-electron chi connectivity index (χ4n) is 5.63. The predicted octanol–water partition coefficient (Wildman–Crippen LogP) is 10.8. The number of pyridine rings is 1. The van der Waals surface area contributed by atoms with Crippen LogP contribution in [0.5, 0.6) is 0 Å². The molecule has 0 radical (unpaired) electrons. The zero-order valence-electron chi connectivity index (χ0n) is 19.6. The number of benzene rings is 4. The summed E-state index contributed by atoms with van der Waals surface area (Å²) < 4.78 is 0. The van der Waals surface area contributed by atoms with Crippen LogP contribution in [-0.4, -0.2) is 4.98 Å². The number of hydrogen-bond donors (Lipinski definition) is 0. The lowest BCUT2D eigenvalue weighted by Crippen LogP contribution is -1.93. The summed E-state index contributed by atoms with van der Waals surface area (Å²) in [6.07, 6.45) is 1.89. The highest BCUT2D eigenvalue weighted by Crippen LogP contribution is 2.49. The number of hydrogen-bond acceptors (Lipinski definition) is 4. The van der Waals surface area contributed by atoms with Crippen molar-refractivity contribution >= 4 is 66.3 Å². The Morgan fingerprint density at radius 1 is 0.432 bits per heavy atom. The van der Waals surface area contributed by atoms with Crippen molar-refractivity contribution in [2.75, 3.05) is 0 Å². The second kappa shape index (κ2) is 8.35. The zero-order chi connectivity index (χ0) is 24.3. The van der Waals surface area contributed by atoms with Crippen molar-refractivity contribution in [1.82, 2.24) is 4.98 Å². The van der Waals surface area contributed by atoms with Gasteiger partial charge in [0.15, 0.2) is 0 Å². The highest BCUT2D eigenvalue weighted by Gasteiger charge is 2.21. The first-order valence-corrected chi connectivity index (χ1v) is 14.8. The number of rotatable bonds is 4. The molecule has 0 N–H and O–H groups in total. The van der Waals surface area contributed by atoms with Gasteiger partial charge in [-0.1, -0.05) is 48.5 Å². The Kier molecular flexibility index (Phi) is 4.80. The Labute approximate surface area is 226 Å². The van der Waals surface area contributed by atoms with Crippen molar-refractivity contribution in [3.63, 3.8) is 0 Å². The highest BCUT2D eigenvalue weighted by atomic mass is 32.1. The van der Waals surface area contributed by atoms with Crippen LogP contribution in [0.1, 0.15) is 0 Å². The fourth-order valence-corrected chi connectivity index (χ4v) is 7.90. The Hall–Kier alpha value is -3.83. The van der Waals surface area contributed by atoms with Gasteiger partial charge in [-0.05, 0) is 90.9 Å². The molecule has 0 aliphatic carbocycles. The minimum Gasteiger partial charge on any atom is -0.256 e. The maximum atomic E-state index is 4.78. The molecule has 0 saturated heterocycles. The van der Waals surface area contributed by atoms with E-state index in [1.54, 1.807) is 11.3 Å². The molecule has 37 heavy (non-hydrogen) atoms. The normalized spacial score (nSPS) is 11.8. The maximum Gasteiger partial charge on any atom is 0.0708 e. The van der Waals surface area contributed by atoms with Gasteiger partial charge in [0.2, 0.25) is 0 Å². The third-order valence-electron chi connectivity index (χ3n) is 7.20. The van der Waals surface area contributed by atoms with Crippen molar-refractivity contribution in [3.05, 3.63) is 113 Å². The van der Waals surface area contributed by atoms with Crippen LogP contribution < -0.4 is 0 Å². The molecule has 174 valence electrons. The van der Waals surface area contributed by atoms with E-state index in [1.165, 1.54) is 69.2 Å². The number of thiophene rings is 3. The molecule has 0 bridgehead atoms. The van der Waals surface area contributed by atoms with Gasteiger partial charge in [-0.2, -0.15) is 0 Å². The molecule has 4 aromatic heterocycles. The molecule has 1 nitrogen and oxygen atoms in total. The third-order valence-corrected chi connectivity index (χ3v) is 9.91. The van der Waals surface area contributed by atoms with Crippen LogP contribution in [0.15, 0.2) is 113 Å². The van der Waals surface area contributed by atoms with Gasteiger partial charge in [0.05, 0.1) is 5.69 Å². The standard InChI is InChI=1S/C33H19NS3/c1-2-14-34-28(6-1)24-18-25(29-7-3-15-35-29)21-12-13-23-27(31-9-5-17-37-31)19-26(30-8-4-16-36-30)22-11-10-20(24)32(21)33(22)23/h1-19H. The first kappa shape index (κ1) is 21.3. The van der Waals surface area contributed by atoms with Gasteiger partial charge in [0.25, 0.3) is 0 Å². The van der Waals surface area contributed by atoms with E-state index in [2.05, 4.69) is 101 Å². The molecule has 4 aromatic carbocycles. The second-order valence-electron chi connectivity index (χ2n) is 9.16. The highest BCUT2D eigenvalue weighted by molar-refractivity contribution is 7.14. The van der Waals surface area contributed by atoms with Crippen LogP contribution >= 0.6 is 34.0 Å². The Morgan fingerprint density at radius 2 is 0.892 bits per heavy atom. The third kappa shape index (κ3) is 3.23. The van der Waals surface area contributed by atoms with E-state index in [9.17, 15) is 0 Å². The predicted molar refractivity (Wildman–Crippen MR) is 163 cm³/mol. The van der Waals surface area contributed by atoms with E-state index < -0.39 is 0 Å². The molecule has 8 rings (SSSR count). The summed E-state index contributed by atoms with van der Waals surface area (Å²) in [6.45, 7) is 0. The van der Waals surface area contributed by atoms with Gasteiger partial charge in [-0.15, -0.1) is 34.0 Å². The number of aromatic nitrogens is 1. The first-order valence-electron chi connectivity index (χ1n) is 12.2. The summed E-state index contributed by atoms with van der Waals surface area (Å²) in [5.74, 6) is 0. The molecule has 0 spiro atoms. The average molecular weight is 526 g/mol. The van der Waals surface area contributed by atoms with Crippen LogP contribution in [0.4, 0.5) is 0 Å². The molecule has 0 amide bonds. The summed E-state index contributed by atoms with van der Waals surface area (Å²) in [6, 6.07) is 33.4. The van der Waals surface area contributed by atoms with Gasteiger partial charge < -0.3 is 0 Å². The SMILES string of the molecule is c1ccc(-c2cc(-c3cccs3)c3ccc4c(-c5cccs5)cc(-c5cccs5)c5ccc2c3c54)nc1.